The molecule has 0 aliphatic heterocycles. The van der Waals surface area contributed by atoms with Crippen molar-refractivity contribution in [1.82, 2.24) is 20.2 Å². The fourth-order valence-electron chi connectivity index (χ4n) is 2.82. The molecule has 0 aliphatic carbocycles. The zero-order chi connectivity index (χ0) is 22.9. The molecule has 32 heavy (non-hydrogen) atoms. The number of aromatic nitrogens is 4. The van der Waals surface area contributed by atoms with Gasteiger partial charge in [-0.25, -0.2) is 4.68 Å². The molecule has 9 nitrogen and oxygen atoms in total. The van der Waals surface area contributed by atoms with Crippen molar-refractivity contribution in [3.8, 4) is 11.5 Å². The van der Waals surface area contributed by atoms with Crippen LogP contribution in [-0.4, -0.2) is 39.3 Å². The lowest BCUT2D eigenvalue weighted by molar-refractivity contribution is -0.118. The zero-order valence-electron chi connectivity index (χ0n) is 18.0. The zero-order valence-corrected chi connectivity index (χ0v) is 19.6. The topological polar surface area (TPSA) is 103 Å². The molecule has 1 aromatic heterocycles. The molecule has 0 atom stereocenters. The van der Waals surface area contributed by atoms with Gasteiger partial charge in [0.25, 0.3) is 5.91 Å². The first-order valence-electron chi connectivity index (χ1n) is 10.1. The van der Waals surface area contributed by atoms with Gasteiger partial charge in [0, 0.05) is 16.7 Å². The van der Waals surface area contributed by atoms with E-state index in [4.69, 9.17) is 9.47 Å². The summed E-state index contributed by atoms with van der Waals surface area (Å²) >= 11 is 3.56. The predicted octanol–water partition coefficient (Wildman–Crippen LogP) is 3.96. The van der Waals surface area contributed by atoms with Crippen LogP contribution in [0.15, 0.2) is 53.5 Å². The van der Waals surface area contributed by atoms with E-state index in [9.17, 15) is 4.79 Å². The molecule has 3 aromatic rings. The van der Waals surface area contributed by atoms with Gasteiger partial charge in [0.05, 0.1) is 13.2 Å². The molecule has 0 bridgehead atoms. The Bertz CT molecular complexity index is 1070. The Labute approximate surface area is 194 Å². The van der Waals surface area contributed by atoms with E-state index in [1.54, 1.807) is 16.8 Å². The summed E-state index contributed by atoms with van der Waals surface area (Å²) in [6, 6.07) is 11.2. The molecule has 0 spiro atoms. The van der Waals surface area contributed by atoms with Crippen molar-refractivity contribution in [2.24, 2.45) is 0 Å². The average Bonchev–Trinajstić information content (AvgIpc) is 3.22. The predicted molar refractivity (Wildman–Crippen MR) is 126 cm³/mol. The van der Waals surface area contributed by atoms with Gasteiger partial charge < -0.3 is 20.1 Å². The van der Waals surface area contributed by atoms with E-state index in [-0.39, 0.29) is 12.5 Å². The first kappa shape index (κ1) is 23.3. The lowest BCUT2D eigenvalue weighted by Crippen LogP contribution is -2.20. The van der Waals surface area contributed by atoms with Crippen molar-refractivity contribution in [3.63, 3.8) is 0 Å². The molecule has 2 N–H and O–H groups in total. The number of carbonyl (C=O) groups is 1. The van der Waals surface area contributed by atoms with Crippen LogP contribution in [0, 0.1) is 6.92 Å². The Morgan fingerprint density at radius 2 is 1.97 bits per heavy atom. The Hall–Kier alpha value is -3.40. The number of halogens is 1. The molecule has 168 valence electrons. The summed E-state index contributed by atoms with van der Waals surface area (Å²) < 4.78 is 13.9. The smallest absolute Gasteiger partial charge is 0.262 e. The monoisotopic (exact) mass is 500 g/mol. The van der Waals surface area contributed by atoms with Gasteiger partial charge in [0.2, 0.25) is 5.95 Å². The lowest BCUT2D eigenvalue weighted by atomic mass is 10.2. The quantitative estimate of drug-likeness (QED) is 0.384. The van der Waals surface area contributed by atoms with Gasteiger partial charge in [0.1, 0.15) is 0 Å². The summed E-state index contributed by atoms with van der Waals surface area (Å²) in [5.74, 6) is 1.29. The summed E-state index contributed by atoms with van der Waals surface area (Å²) in [5, 5.41) is 17.6. The molecular formula is C22H25BrN6O3. The number of anilines is 2. The van der Waals surface area contributed by atoms with Crippen molar-refractivity contribution < 1.29 is 14.3 Å². The van der Waals surface area contributed by atoms with Gasteiger partial charge in [-0.2, -0.15) is 0 Å². The van der Waals surface area contributed by atoms with Crippen molar-refractivity contribution in [2.45, 2.75) is 26.9 Å². The molecule has 1 amide bonds. The number of benzene rings is 2. The van der Waals surface area contributed by atoms with Gasteiger partial charge in [-0.1, -0.05) is 44.8 Å². The van der Waals surface area contributed by atoms with E-state index >= 15 is 0 Å². The summed E-state index contributed by atoms with van der Waals surface area (Å²) in [6.45, 7) is 8.83. The van der Waals surface area contributed by atoms with Crippen molar-refractivity contribution in [2.75, 3.05) is 23.8 Å². The molecule has 1 heterocycles. The maximum absolute atomic E-state index is 12.3. The minimum absolute atomic E-state index is 0.145. The third-order valence-electron chi connectivity index (χ3n) is 4.38. The average molecular weight is 501 g/mol. The maximum Gasteiger partial charge on any atom is 0.262 e. The molecular weight excluding hydrogens is 476 g/mol. The largest absolute Gasteiger partial charge is 0.490 e. The van der Waals surface area contributed by atoms with Gasteiger partial charge in [-0.15, -0.1) is 6.58 Å². The molecule has 0 radical (unpaired) electrons. The van der Waals surface area contributed by atoms with Crippen LogP contribution in [-0.2, 0) is 17.9 Å². The molecule has 0 saturated heterocycles. The van der Waals surface area contributed by atoms with Gasteiger partial charge in [-0.3, -0.25) is 4.79 Å². The normalized spacial score (nSPS) is 10.5. The maximum atomic E-state index is 12.3. The summed E-state index contributed by atoms with van der Waals surface area (Å²) in [7, 11) is 0. The number of hydrogen-bond acceptors (Lipinski definition) is 7. The first-order valence-corrected chi connectivity index (χ1v) is 10.8. The highest BCUT2D eigenvalue weighted by molar-refractivity contribution is 9.10. The number of amides is 1. The molecule has 0 unspecified atom stereocenters. The number of hydrogen-bond donors (Lipinski definition) is 2. The highest BCUT2D eigenvalue weighted by Gasteiger charge is 2.14. The Kier molecular flexibility index (Phi) is 8.20. The van der Waals surface area contributed by atoms with Gasteiger partial charge >= 0.3 is 0 Å². The van der Waals surface area contributed by atoms with E-state index in [2.05, 4.69) is 48.7 Å². The highest BCUT2D eigenvalue weighted by atomic mass is 79.9. The number of aryl methyl sites for hydroxylation is 1. The second-order valence-electron chi connectivity index (χ2n) is 6.85. The number of tetrazole rings is 1. The number of carbonyl (C=O) groups excluding carboxylic acids is 1. The fourth-order valence-corrected chi connectivity index (χ4v) is 3.28. The standard InChI is InChI=1S/C22H25BrN6O3/c1-4-10-29-22(26-27-28-29)24-13-16-11-19(31-5-2)20(12-18(16)23)32-14-21(30)25-17-8-6-15(3)7-9-17/h4,6-9,11-12H,1,5,10,13-14H2,2-3H3,(H,25,30)(H,24,26,28). The van der Waals surface area contributed by atoms with E-state index in [1.807, 2.05) is 44.2 Å². The third-order valence-corrected chi connectivity index (χ3v) is 5.12. The Balaban J connectivity index is 1.66. The first-order chi connectivity index (χ1) is 15.5. The molecule has 0 fully saturated rings. The SMILES string of the molecule is C=CCn1nnnc1NCc1cc(OCC)c(OCC(=O)Nc2ccc(C)cc2)cc1Br. The number of ether oxygens (including phenoxy) is 2. The summed E-state index contributed by atoms with van der Waals surface area (Å²) in [4.78, 5) is 12.3. The molecule has 0 aliphatic rings. The highest BCUT2D eigenvalue weighted by Crippen LogP contribution is 2.34. The molecule has 10 heteroatoms. The van der Waals surface area contributed by atoms with Crippen LogP contribution in [0.4, 0.5) is 11.6 Å². The fraction of sp³-hybridized carbons (Fsp3) is 0.273. The molecule has 2 aromatic carbocycles. The number of allylic oxidation sites excluding steroid dienone is 1. The van der Waals surface area contributed by atoms with Gasteiger partial charge in [-0.05, 0) is 54.1 Å². The van der Waals surface area contributed by atoms with Crippen molar-refractivity contribution in [1.29, 1.82) is 0 Å². The second kappa shape index (κ2) is 11.3. The van der Waals surface area contributed by atoms with Crippen LogP contribution in [0.25, 0.3) is 0 Å². The second-order valence-corrected chi connectivity index (χ2v) is 7.71. The lowest BCUT2D eigenvalue weighted by Gasteiger charge is -2.15. The van der Waals surface area contributed by atoms with Crippen LogP contribution in [0.1, 0.15) is 18.1 Å². The van der Waals surface area contributed by atoms with Crippen LogP contribution < -0.4 is 20.1 Å². The minimum atomic E-state index is -0.257. The van der Waals surface area contributed by atoms with E-state index in [0.717, 1.165) is 21.3 Å². The van der Waals surface area contributed by atoms with E-state index < -0.39 is 0 Å². The number of rotatable bonds is 11. The number of nitrogens with one attached hydrogen (secondary N) is 2. The summed E-state index contributed by atoms with van der Waals surface area (Å²) in [6.07, 6.45) is 1.71. The Morgan fingerprint density at radius 1 is 1.22 bits per heavy atom. The molecule has 3 rings (SSSR count). The third kappa shape index (κ3) is 6.30. The van der Waals surface area contributed by atoms with Crippen LogP contribution in [0.3, 0.4) is 0 Å². The molecule has 0 saturated carbocycles. The van der Waals surface area contributed by atoms with Crippen molar-refractivity contribution in [3.05, 3.63) is 64.7 Å². The number of nitrogens with zero attached hydrogens (tertiary/aromatic N) is 4. The van der Waals surface area contributed by atoms with E-state index in [0.29, 0.717) is 37.1 Å². The van der Waals surface area contributed by atoms with Crippen LogP contribution >= 0.6 is 15.9 Å². The Morgan fingerprint density at radius 3 is 2.69 bits per heavy atom. The van der Waals surface area contributed by atoms with E-state index in [1.165, 1.54) is 0 Å². The van der Waals surface area contributed by atoms with Crippen LogP contribution in [0.5, 0.6) is 11.5 Å². The van der Waals surface area contributed by atoms with Gasteiger partial charge in [0.15, 0.2) is 18.1 Å². The van der Waals surface area contributed by atoms with Crippen molar-refractivity contribution >= 4 is 33.5 Å². The van der Waals surface area contributed by atoms with Crippen LogP contribution in [0.2, 0.25) is 0 Å². The summed E-state index contributed by atoms with van der Waals surface area (Å²) in [5.41, 5.74) is 2.76. The minimum Gasteiger partial charge on any atom is -0.490 e.